The molecule has 0 heterocycles. The SMILES string of the molecule is CCCC1CCC(C2CCCC(Cl)C2)CC1. The first-order valence-corrected chi connectivity index (χ1v) is 7.87. The first-order chi connectivity index (χ1) is 7.79. The van der Waals surface area contributed by atoms with E-state index in [4.69, 9.17) is 11.6 Å². The summed E-state index contributed by atoms with van der Waals surface area (Å²) in [6.07, 6.45) is 14.3. The van der Waals surface area contributed by atoms with Crippen LogP contribution in [0.15, 0.2) is 0 Å². The molecule has 2 aliphatic rings. The third-order valence-corrected chi connectivity index (χ3v) is 5.30. The molecule has 0 aliphatic heterocycles. The molecule has 2 aliphatic carbocycles. The lowest BCUT2D eigenvalue weighted by Gasteiger charge is -2.37. The molecule has 0 bridgehead atoms. The summed E-state index contributed by atoms with van der Waals surface area (Å²) in [6, 6.07) is 0. The van der Waals surface area contributed by atoms with Crippen LogP contribution in [0, 0.1) is 17.8 Å². The summed E-state index contributed by atoms with van der Waals surface area (Å²) < 4.78 is 0. The molecule has 16 heavy (non-hydrogen) atoms. The fourth-order valence-electron chi connectivity index (χ4n) is 3.95. The van der Waals surface area contributed by atoms with Crippen LogP contribution in [0.1, 0.15) is 71.1 Å². The molecule has 0 spiro atoms. The van der Waals surface area contributed by atoms with Crippen LogP contribution in [0.2, 0.25) is 0 Å². The minimum atomic E-state index is 0.493. The highest BCUT2D eigenvalue weighted by Gasteiger charge is 2.30. The van der Waals surface area contributed by atoms with Crippen LogP contribution in [0.25, 0.3) is 0 Å². The highest BCUT2D eigenvalue weighted by atomic mass is 35.5. The predicted octanol–water partition coefficient (Wildman–Crippen LogP) is 5.39. The summed E-state index contributed by atoms with van der Waals surface area (Å²) in [5.41, 5.74) is 0. The van der Waals surface area contributed by atoms with Gasteiger partial charge in [0, 0.05) is 5.38 Å². The van der Waals surface area contributed by atoms with Gasteiger partial charge in [0.05, 0.1) is 0 Å². The van der Waals surface area contributed by atoms with Crippen molar-refractivity contribution in [1.82, 2.24) is 0 Å². The molecule has 0 radical (unpaired) electrons. The van der Waals surface area contributed by atoms with Gasteiger partial charge in [-0.2, -0.15) is 0 Å². The normalized spacial score (nSPS) is 40.9. The van der Waals surface area contributed by atoms with Gasteiger partial charge in [-0.05, 0) is 43.4 Å². The van der Waals surface area contributed by atoms with Crippen molar-refractivity contribution < 1.29 is 0 Å². The van der Waals surface area contributed by atoms with E-state index >= 15 is 0 Å². The monoisotopic (exact) mass is 242 g/mol. The predicted molar refractivity (Wildman–Crippen MR) is 72.0 cm³/mol. The summed E-state index contributed by atoms with van der Waals surface area (Å²) in [5.74, 6) is 3.05. The number of halogens is 1. The Hall–Kier alpha value is 0.290. The minimum Gasteiger partial charge on any atom is -0.123 e. The van der Waals surface area contributed by atoms with E-state index in [-0.39, 0.29) is 0 Å². The summed E-state index contributed by atoms with van der Waals surface area (Å²) in [7, 11) is 0. The van der Waals surface area contributed by atoms with Gasteiger partial charge in [-0.3, -0.25) is 0 Å². The van der Waals surface area contributed by atoms with Crippen molar-refractivity contribution in [1.29, 1.82) is 0 Å². The number of alkyl halides is 1. The van der Waals surface area contributed by atoms with Gasteiger partial charge in [-0.1, -0.05) is 45.4 Å². The van der Waals surface area contributed by atoms with Crippen molar-refractivity contribution in [3.8, 4) is 0 Å². The Balaban J connectivity index is 1.75. The van der Waals surface area contributed by atoms with Gasteiger partial charge in [0.1, 0.15) is 0 Å². The van der Waals surface area contributed by atoms with Crippen molar-refractivity contribution in [3.63, 3.8) is 0 Å². The molecule has 0 nitrogen and oxygen atoms in total. The zero-order chi connectivity index (χ0) is 11.4. The summed E-state index contributed by atoms with van der Waals surface area (Å²) in [5, 5.41) is 0.493. The minimum absolute atomic E-state index is 0.493. The third-order valence-electron chi connectivity index (χ3n) is 4.91. The van der Waals surface area contributed by atoms with Crippen LogP contribution in [0.5, 0.6) is 0 Å². The van der Waals surface area contributed by atoms with Crippen LogP contribution in [0.4, 0.5) is 0 Å². The first-order valence-electron chi connectivity index (χ1n) is 7.43. The highest BCUT2D eigenvalue weighted by Crippen LogP contribution is 2.41. The molecule has 94 valence electrons. The van der Waals surface area contributed by atoms with E-state index in [1.54, 1.807) is 0 Å². The lowest BCUT2D eigenvalue weighted by molar-refractivity contribution is 0.164. The van der Waals surface area contributed by atoms with Crippen molar-refractivity contribution in [2.45, 2.75) is 76.5 Å². The lowest BCUT2D eigenvalue weighted by Crippen LogP contribution is -2.26. The van der Waals surface area contributed by atoms with Gasteiger partial charge in [-0.15, -0.1) is 11.6 Å². The smallest absolute Gasteiger partial charge is 0.0338 e. The molecule has 2 rings (SSSR count). The Morgan fingerprint density at radius 1 is 0.938 bits per heavy atom. The molecule has 0 saturated heterocycles. The quantitative estimate of drug-likeness (QED) is 0.582. The highest BCUT2D eigenvalue weighted by molar-refractivity contribution is 6.20. The fourth-order valence-corrected chi connectivity index (χ4v) is 4.33. The van der Waals surface area contributed by atoms with Crippen LogP contribution in [0.3, 0.4) is 0 Å². The Labute approximate surface area is 106 Å². The molecule has 0 aromatic carbocycles. The number of rotatable bonds is 3. The number of hydrogen-bond donors (Lipinski definition) is 0. The zero-order valence-electron chi connectivity index (χ0n) is 10.8. The van der Waals surface area contributed by atoms with Gasteiger partial charge < -0.3 is 0 Å². The van der Waals surface area contributed by atoms with Crippen LogP contribution < -0.4 is 0 Å². The van der Waals surface area contributed by atoms with Crippen LogP contribution in [-0.2, 0) is 0 Å². The maximum absolute atomic E-state index is 6.31. The van der Waals surface area contributed by atoms with Crippen LogP contribution >= 0.6 is 11.6 Å². The molecule has 0 amide bonds. The van der Waals surface area contributed by atoms with Gasteiger partial charge in [0.15, 0.2) is 0 Å². The second-order valence-electron chi connectivity index (χ2n) is 6.09. The molecule has 0 aromatic rings. The Kier molecular flexibility index (Phi) is 5.00. The third kappa shape index (κ3) is 3.39. The number of hydrogen-bond acceptors (Lipinski definition) is 0. The molecular formula is C15H27Cl. The average Bonchev–Trinajstić information content (AvgIpc) is 2.30. The zero-order valence-corrected chi connectivity index (χ0v) is 11.5. The van der Waals surface area contributed by atoms with Crippen LogP contribution in [-0.4, -0.2) is 5.38 Å². The van der Waals surface area contributed by atoms with E-state index in [1.165, 1.54) is 64.2 Å². The van der Waals surface area contributed by atoms with E-state index < -0.39 is 0 Å². The molecular weight excluding hydrogens is 216 g/mol. The average molecular weight is 243 g/mol. The largest absolute Gasteiger partial charge is 0.123 e. The van der Waals surface area contributed by atoms with E-state index in [1.807, 2.05) is 0 Å². The maximum atomic E-state index is 6.31. The second kappa shape index (κ2) is 6.28. The van der Waals surface area contributed by atoms with Gasteiger partial charge in [0.2, 0.25) is 0 Å². The van der Waals surface area contributed by atoms with Gasteiger partial charge >= 0.3 is 0 Å². The molecule has 1 heteroatoms. The van der Waals surface area contributed by atoms with Crippen molar-refractivity contribution >= 4 is 11.6 Å². The molecule has 0 aromatic heterocycles. The molecule has 2 unspecified atom stereocenters. The first kappa shape index (κ1) is 12.7. The maximum Gasteiger partial charge on any atom is 0.0338 e. The van der Waals surface area contributed by atoms with E-state index in [0.29, 0.717) is 5.38 Å². The lowest BCUT2D eigenvalue weighted by atomic mass is 9.70. The van der Waals surface area contributed by atoms with E-state index in [2.05, 4.69) is 6.92 Å². The topological polar surface area (TPSA) is 0 Å². The van der Waals surface area contributed by atoms with Crippen molar-refractivity contribution in [3.05, 3.63) is 0 Å². The van der Waals surface area contributed by atoms with Crippen molar-refractivity contribution in [2.24, 2.45) is 17.8 Å². The summed E-state index contributed by atoms with van der Waals surface area (Å²) in [4.78, 5) is 0. The molecule has 0 N–H and O–H groups in total. The second-order valence-corrected chi connectivity index (χ2v) is 6.71. The Bertz CT molecular complexity index is 194. The fraction of sp³-hybridized carbons (Fsp3) is 1.00. The summed E-state index contributed by atoms with van der Waals surface area (Å²) >= 11 is 6.31. The standard InChI is InChI=1S/C15H27Cl/c1-2-4-12-7-9-13(10-8-12)14-5-3-6-15(16)11-14/h12-15H,2-11H2,1H3. The molecule has 2 atom stereocenters. The van der Waals surface area contributed by atoms with E-state index in [0.717, 1.165) is 17.8 Å². The Morgan fingerprint density at radius 2 is 1.69 bits per heavy atom. The molecule has 2 saturated carbocycles. The van der Waals surface area contributed by atoms with E-state index in [9.17, 15) is 0 Å². The van der Waals surface area contributed by atoms with Crippen molar-refractivity contribution in [2.75, 3.05) is 0 Å². The summed E-state index contributed by atoms with van der Waals surface area (Å²) in [6.45, 7) is 2.32. The Morgan fingerprint density at radius 3 is 2.31 bits per heavy atom. The van der Waals surface area contributed by atoms with Gasteiger partial charge in [-0.25, -0.2) is 0 Å². The molecule has 2 fully saturated rings. The van der Waals surface area contributed by atoms with Gasteiger partial charge in [0.25, 0.3) is 0 Å².